The van der Waals surface area contributed by atoms with Gasteiger partial charge in [-0.25, -0.2) is 4.99 Å². The van der Waals surface area contributed by atoms with Crippen molar-refractivity contribution in [1.82, 2.24) is 5.32 Å². The summed E-state index contributed by atoms with van der Waals surface area (Å²) in [5.74, 6) is 0.914. The molecule has 0 fully saturated rings. The van der Waals surface area contributed by atoms with E-state index in [1.165, 1.54) is 57.0 Å². The standard InChI is InChI=1S/C45H29N3OS2/c1-2-10-26(11-3-1)43-46-44(48-45(47-43)28-20-22-31-30-13-5-7-19-38(30)50-40(31)25-28)27-21-23-39-36(24-27)35-17-9-16-34(42(35)51-39)33-15-8-14-32-29-12-4-6-18-37(29)49-41(32)33/h1-25,43,45,47H,(H,46,48)/p+1. The first kappa shape index (κ1) is 29.0. The van der Waals surface area contributed by atoms with E-state index in [4.69, 9.17) is 9.41 Å². The zero-order chi connectivity index (χ0) is 33.5. The summed E-state index contributed by atoms with van der Waals surface area (Å²) in [5, 5.41) is 13.6. The molecule has 11 rings (SSSR count). The van der Waals surface area contributed by atoms with E-state index in [0.717, 1.165) is 38.9 Å². The van der Waals surface area contributed by atoms with Gasteiger partial charge in [0.2, 0.25) is 6.17 Å². The van der Waals surface area contributed by atoms with Crippen molar-refractivity contribution in [3.63, 3.8) is 0 Å². The first-order chi connectivity index (χ1) is 25.2. The van der Waals surface area contributed by atoms with Gasteiger partial charge in [0.05, 0.1) is 0 Å². The van der Waals surface area contributed by atoms with Crippen LogP contribution in [0.5, 0.6) is 0 Å². The van der Waals surface area contributed by atoms with E-state index >= 15 is 0 Å². The Balaban J connectivity index is 1.04. The summed E-state index contributed by atoms with van der Waals surface area (Å²) in [7, 11) is 0. The number of para-hydroxylation sites is 2. The first-order valence-electron chi connectivity index (χ1n) is 17.3. The molecule has 6 heteroatoms. The van der Waals surface area contributed by atoms with Crippen LogP contribution >= 0.6 is 22.7 Å². The molecule has 51 heavy (non-hydrogen) atoms. The van der Waals surface area contributed by atoms with Gasteiger partial charge in [-0.1, -0.05) is 115 Å². The fourth-order valence-corrected chi connectivity index (χ4v) is 10.2. The van der Waals surface area contributed by atoms with Crippen LogP contribution in [0.4, 0.5) is 0 Å². The van der Waals surface area contributed by atoms with Crippen LogP contribution in [0.3, 0.4) is 0 Å². The molecule has 0 bridgehead atoms. The van der Waals surface area contributed by atoms with Crippen LogP contribution in [-0.4, -0.2) is 5.84 Å². The number of hydrogen-bond donors (Lipinski definition) is 2. The molecule has 2 atom stereocenters. The van der Waals surface area contributed by atoms with Gasteiger partial charge in [-0.2, -0.15) is 0 Å². The molecule has 2 unspecified atom stereocenters. The van der Waals surface area contributed by atoms with Crippen LogP contribution in [0, 0.1) is 0 Å². The van der Waals surface area contributed by atoms with E-state index in [0.29, 0.717) is 0 Å². The van der Waals surface area contributed by atoms with Gasteiger partial charge < -0.3 is 9.73 Å². The SMILES string of the molecule is c1ccc(C2NC(c3ccc4sc5c(-c6cccc7c6oc6ccccc67)cccc5c4c3)=NC(c3ccc4c(c3)sc3ccccc34)[NH2+]2)cc1. The monoisotopic (exact) mass is 692 g/mol. The number of nitrogens with two attached hydrogens (primary N) is 1. The molecule has 0 saturated carbocycles. The molecular weight excluding hydrogens is 663 g/mol. The molecule has 0 saturated heterocycles. The molecule has 0 amide bonds. The fourth-order valence-electron chi connectivity index (χ4n) is 7.84. The number of nitrogens with one attached hydrogen (secondary N) is 1. The van der Waals surface area contributed by atoms with Crippen molar-refractivity contribution in [1.29, 1.82) is 0 Å². The van der Waals surface area contributed by atoms with E-state index in [1.807, 2.05) is 28.7 Å². The average molecular weight is 693 g/mol. The van der Waals surface area contributed by atoms with Crippen molar-refractivity contribution in [3.05, 3.63) is 168 Å². The minimum atomic E-state index is -0.0908. The predicted octanol–water partition coefficient (Wildman–Crippen LogP) is 11.3. The van der Waals surface area contributed by atoms with E-state index < -0.39 is 0 Å². The number of hydrogen-bond acceptors (Lipinski definition) is 5. The topological polar surface area (TPSA) is 54.1 Å². The van der Waals surface area contributed by atoms with Crippen LogP contribution in [0.25, 0.3) is 73.4 Å². The van der Waals surface area contributed by atoms with Gasteiger partial charge >= 0.3 is 0 Å². The average Bonchev–Trinajstić information content (AvgIpc) is 3.89. The second kappa shape index (κ2) is 11.4. The number of nitrogens with zero attached hydrogens (tertiary/aromatic N) is 1. The van der Waals surface area contributed by atoms with Gasteiger partial charge in [0.1, 0.15) is 17.0 Å². The number of quaternary nitrogens is 1. The summed E-state index contributed by atoms with van der Waals surface area (Å²) in [6.07, 6.45) is -0.0699. The maximum Gasteiger partial charge on any atom is 0.209 e. The zero-order valence-corrected chi connectivity index (χ0v) is 29.0. The number of benzene rings is 7. The number of thiophene rings is 2. The van der Waals surface area contributed by atoms with Crippen LogP contribution < -0.4 is 10.6 Å². The second-order valence-electron chi connectivity index (χ2n) is 13.3. The first-order valence-corrected chi connectivity index (χ1v) is 18.9. The van der Waals surface area contributed by atoms with Crippen molar-refractivity contribution in [2.75, 3.05) is 0 Å². The molecule has 3 aromatic heterocycles. The molecule has 1 aliphatic rings. The highest BCUT2D eigenvalue weighted by Crippen LogP contribution is 2.44. The molecule has 10 aromatic rings. The van der Waals surface area contributed by atoms with Crippen molar-refractivity contribution in [3.8, 4) is 11.1 Å². The quantitative estimate of drug-likeness (QED) is 0.193. The van der Waals surface area contributed by atoms with E-state index in [1.54, 1.807) is 0 Å². The normalized spacial score (nSPS) is 16.4. The number of amidine groups is 1. The Hall–Kier alpha value is -5.79. The lowest BCUT2D eigenvalue weighted by atomic mass is 9.99. The molecule has 0 spiro atoms. The summed E-state index contributed by atoms with van der Waals surface area (Å²) in [4.78, 5) is 5.40. The highest BCUT2D eigenvalue weighted by Gasteiger charge is 2.30. The van der Waals surface area contributed by atoms with Crippen LogP contribution in [0.2, 0.25) is 0 Å². The van der Waals surface area contributed by atoms with Gasteiger partial charge in [-0.05, 0) is 36.4 Å². The third kappa shape index (κ3) is 4.65. The number of aliphatic imine (C=N–C) groups is 1. The van der Waals surface area contributed by atoms with Gasteiger partial charge in [-0.3, -0.25) is 5.32 Å². The Morgan fingerprint density at radius 2 is 1.27 bits per heavy atom. The third-order valence-electron chi connectivity index (χ3n) is 10.3. The molecule has 1 aliphatic heterocycles. The smallest absolute Gasteiger partial charge is 0.209 e. The summed E-state index contributed by atoms with van der Waals surface area (Å²) < 4.78 is 11.6. The molecule has 7 aromatic carbocycles. The lowest BCUT2D eigenvalue weighted by molar-refractivity contribution is -0.739. The number of furan rings is 1. The zero-order valence-electron chi connectivity index (χ0n) is 27.3. The van der Waals surface area contributed by atoms with Gasteiger partial charge in [-0.15, -0.1) is 22.7 Å². The Morgan fingerprint density at radius 3 is 2.20 bits per heavy atom. The molecule has 3 N–H and O–H groups in total. The predicted molar refractivity (Wildman–Crippen MR) is 215 cm³/mol. The van der Waals surface area contributed by atoms with E-state index in [9.17, 15) is 0 Å². The van der Waals surface area contributed by atoms with Crippen LogP contribution in [-0.2, 0) is 0 Å². The summed E-state index contributed by atoms with van der Waals surface area (Å²) in [6.45, 7) is 0. The molecule has 0 aliphatic carbocycles. The molecule has 0 radical (unpaired) electrons. The molecule has 4 heterocycles. The van der Waals surface area contributed by atoms with E-state index in [2.05, 4.69) is 156 Å². The van der Waals surface area contributed by atoms with E-state index in [-0.39, 0.29) is 12.3 Å². The minimum absolute atomic E-state index is 0.0209. The largest absolute Gasteiger partial charge is 0.455 e. The second-order valence-corrected chi connectivity index (χ2v) is 15.4. The minimum Gasteiger partial charge on any atom is -0.455 e. The highest BCUT2D eigenvalue weighted by atomic mass is 32.1. The Morgan fingerprint density at radius 1 is 0.529 bits per heavy atom. The van der Waals surface area contributed by atoms with Crippen molar-refractivity contribution in [2.24, 2.45) is 4.99 Å². The summed E-state index contributed by atoms with van der Waals surface area (Å²) in [5.41, 5.74) is 7.71. The summed E-state index contributed by atoms with van der Waals surface area (Å²) >= 11 is 3.70. The van der Waals surface area contributed by atoms with Gasteiger partial charge in [0, 0.05) is 78.9 Å². The Labute approximate surface area is 301 Å². The maximum absolute atomic E-state index is 6.47. The molecular formula is C45H30N3OS2+. The van der Waals surface area contributed by atoms with Crippen LogP contribution in [0.15, 0.2) is 161 Å². The number of fused-ring (bicyclic) bond motifs is 9. The van der Waals surface area contributed by atoms with Crippen molar-refractivity contribution in [2.45, 2.75) is 12.3 Å². The Bertz CT molecular complexity index is 3010. The fraction of sp³-hybridized carbons (Fsp3) is 0.0444. The third-order valence-corrected chi connectivity index (χ3v) is 12.7. The van der Waals surface area contributed by atoms with Crippen molar-refractivity contribution >= 4 is 90.8 Å². The van der Waals surface area contributed by atoms with Crippen molar-refractivity contribution < 1.29 is 9.73 Å². The molecule has 242 valence electrons. The Kier molecular flexibility index (Phi) is 6.46. The van der Waals surface area contributed by atoms with Crippen LogP contribution in [0.1, 0.15) is 29.0 Å². The number of rotatable bonds is 4. The lowest BCUT2D eigenvalue weighted by Gasteiger charge is -2.29. The van der Waals surface area contributed by atoms with Gasteiger partial charge in [0.15, 0.2) is 6.17 Å². The summed E-state index contributed by atoms with van der Waals surface area (Å²) in [6, 6.07) is 54.5. The lowest BCUT2D eigenvalue weighted by Crippen LogP contribution is -2.90. The maximum atomic E-state index is 6.47. The van der Waals surface area contributed by atoms with Gasteiger partial charge in [0.25, 0.3) is 0 Å². The molecule has 4 nitrogen and oxygen atoms in total. The highest BCUT2D eigenvalue weighted by molar-refractivity contribution is 7.26.